The third-order valence-corrected chi connectivity index (χ3v) is 4.76. The zero-order valence-corrected chi connectivity index (χ0v) is 13.7. The Balaban J connectivity index is 1.54. The van der Waals surface area contributed by atoms with E-state index in [-0.39, 0.29) is 6.03 Å². The summed E-state index contributed by atoms with van der Waals surface area (Å²) in [5.41, 5.74) is 0. The van der Waals surface area contributed by atoms with Gasteiger partial charge in [0.05, 0.1) is 24.3 Å². The molecule has 21 heavy (non-hydrogen) atoms. The van der Waals surface area contributed by atoms with Crippen molar-refractivity contribution in [1.82, 2.24) is 15.6 Å². The standard InChI is InChI=1S/C15H25N3O2S/c1-11-5-3-4-6-14(11)20-8-7-16-15(19)18-10-13-9-17-12(2)21-13/h9,11,14H,3-8,10H2,1-2H3,(H2,16,18,19). The highest BCUT2D eigenvalue weighted by Crippen LogP contribution is 2.25. The average Bonchev–Trinajstić information content (AvgIpc) is 2.89. The fourth-order valence-corrected chi connectivity index (χ4v) is 3.36. The normalized spacial score (nSPS) is 22.0. The molecule has 2 unspecified atom stereocenters. The van der Waals surface area contributed by atoms with Gasteiger partial charge in [0.15, 0.2) is 0 Å². The largest absolute Gasteiger partial charge is 0.376 e. The van der Waals surface area contributed by atoms with Crippen molar-refractivity contribution < 1.29 is 9.53 Å². The van der Waals surface area contributed by atoms with Crippen molar-refractivity contribution in [3.8, 4) is 0 Å². The van der Waals surface area contributed by atoms with Crippen LogP contribution in [0.25, 0.3) is 0 Å². The van der Waals surface area contributed by atoms with Gasteiger partial charge in [-0.15, -0.1) is 11.3 Å². The van der Waals surface area contributed by atoms with Crippen molar-refractivity contribution in [1.29, 1.82) is 0 Å². The zero-order chi connectivity index (χ0) is 15.1. The van der Waals surface area contributed by atoms with Gasteiger partial charge in [0, 0.05) is 17.6 Å². The number of carbonyl (C=O) groups excluding carboxylic acids is 1. The van der Waals surface area contributed by atoms with Crippen LogP contribution in [0.2, 0.25) is 0 Å². The molecule has 2 N–H and O–H groups in total. The lowest BCUT2D eigenvalue weighted by Gasteiger charge is -2.28. The molecule has 1 aromatic heterocycles. The maximum Gasteiger partial charge on any atom is 0.315 e. The Labute approximate surface area is 130 Å². The smallest absolute Gasteiger partial charge is 0.315 e. The molecule has 0 spiro atoms. The SMILES string of the molecule is Cc1ncc(CNC(=O)NCCOC2CCCCC2C)s1. The molecule has 6 heteroatoms. The Morgan fingerprint density at radius 1 is 1.43 bits per heavy atom. The third kappa shape index (κ3) is 5.63. The van der Waals surface area contributed by atoms with Gasteiger partial charge in [-0.25, -0.2) is 9.78 Å². The van der Waals surface area contributed by atoms with Crippen molar-refractivity contribution >= 4 is 17.4 Å². The zero-order valence-electron chi connectivity index (χ0n) is 12.9. The lowest BCUT2D eigenvalue weighted by Crippen LogP contribution is -2.37. The van der Waals surface area contributed by atoms with Gasteiger partial charge in [-0.2, -0.15) is 0 Å². The summed E-state index contributed by atoms with van der Waals surface area (Å²) in [4.78, 5) is 16.9. The van der Waals surface area contributed by atoms with E-state index in [9.17, 15) is 4.79 Å². The predicted octanol–water partition coefficient (Wildman–Crippen LogP) is 2.85. The number of hydrogen-bond acceptors (Lipinski definition) is 4. The Kier molecular flexibility index (Phi) is 6.45. The lowest BCUT2D eigenvalue weighted by molar-refractivity contribution is -0.00243. The van der Waals surface area contributed by atoms with Crippen molar-refractivity contribution in [3.05, 3.63) is 16.1 Å². The van der Waals surface area contributed by atoms with Gasteiger partial charge in [-0.1, -0.05) is 19.8 Å². The van der Waals surface area contributed by atoms with E-state index >= 15 is 0 Å². The van der Waals surface area contributed by atoms with Gasteiger partial charge in [0.2, 0.25) is 0 Å². The van der Waals surface area contributed by atoms with E-state index in [0.717, 1.165) is 16.3 Å². The molecule has 0 saturated heterocycles. The van der Waals surface area contributed by atoms with Gasteiger partial charge in [0.1, 0.15) is 0 Å². The molecular weight excluding hydrogens is 286 g/mol. The Bertz CT molecular complexity index is 450. The van der Waals surface area contributed by atoms with Gasteiger partial charge < -0.3 is 15.4 Å². The molecule has 5 nitrogen and oxygen atoms in total. The number of aryl methyl sites for hydroxylation is 1. The highest BCUT2D eigenvalue weighted by Gasteiger charge is 2.21. The molecule has 1 aromatic rings. The minimum atomic E-state index is -0.152. The molecule has 1 fully saturated rings. The van der Waals surface area contributed by atoms with E-state index in [4.69, 9.17) is 4.74 Å². The number of urea groups is 1. The number of nitrogens with one attached hydrogen (secondary N) is 2. The van der Waals surface area contributed by atoms with Gasteiger partial charge in [-0.05, 0) is 25.7 Å². The Hall–Kier alpha value is -1.14. The fraction of sp³-hybridized carbons (Fsp3) is 0.733. The van der Waals surface area contributed by atoms with Crippen LogP contribution >= 0.6 is 11.3 Å². The second kappa shape index (κ2) is 8.34. The Morgan fingerprint density at radius 2 is 2.24 bits per heavy atom. The summed E-state index contributed by atoms with van der Waals surface area (Å²) in [6.45, 7) is 5.87. The lowest BCUT2D eigenvalue weighted by atomic mass is 9.88. The van der Waals surface area contributed by atoms with Crippen LogP contribution in [0.1, 0.15) is 42.5 Å². The minimum Gasteiger partial charge on any atom is -0.376 e. The van der Waals surface area contributed by atoms with E-state index in [1.54, 1.807) is 17.5 Å². The molecule has 0 radical (unpaired) electrons. The molecule has 0 bridgehead atoms. The Morgan fingerprint density at radius 3 is 2.95 bits per heavy atom. The van der Waals surface area contributed by atoms with Crippen molar-refractivity contribution in [2.75, 3.05) is 13.2 Å². The maximum atomic E-state index is 11.6. The molecule has 118 valence electrons. The molecular formula is C15H25N3O2S. The minimum absolute atomic E-state index is 0.152. The monoisotopic (exact) mass is 311 g/mol. The van der Waals surface area contributed by atoms with Crippen molar-refractivity contribution in [3.63, 3.8) is 0 Å². The van der Waals surface area contributed by atoms with Crippen LogP contribution in [0.5, 0.6) is 0 Å². The van der Waals surface area contributed by atoms with Gasteiger partial charge in [-0.3, -0.25) is 0 Å². The summed E-state index contributed by atoms with van der Waals surface area (Å²) in [5, 5.41) is 6.66. The number of carbonyl (C=O) groups is 1. The van der Waals surface area contributed by atoms with Crippen molar-refractivity contribution in [2.45, 2.75) is 52.2 Å². The first-order valence-corrected chi connectivity index (χ1v) is 8.51. The topological polar surface area (TPSA) is 63.2 Å². The predicted molar refractivity (Wildman–Crippen MR) is 84.5 cm³/mol. The number of rotatable bonds is 6. The summed E-state index contributed by atoms with van der Waals surface area (Å²) >= 11 is 1.60. The molecule has 1 heterocycles. The molecule has 2 rings (SSSR count). The van der Waals surface area contributed by atoms with Crippen LogP contribution in [-0.4, -0.2) is 30.3 Å². The molecule has 1 aliphatic carbocycles. The first-order chi connectivity index (χ1) is 10.1. The number of nitrogens with zero attached hydrogens (tertiary/aromatic N) is 1. The number of aromatic nitrogens is 1. The number of hydrogen-bond donors (Lipinski definition) is 2. The van der Waals surface area contributed by atoms with Crippen LogP contribution in [0.15, 0.2) is 6.20 Å². The molecule has 2 atom stereocenters. The van der Waals surface area contributed by atoms with E-state index < -0.39 is 0 Å². The quantitative estimate of drug-likeness (QED) is 0.794. The van der Waals surface area contributed by atoms with Crippen LogP contribution in [0.3, 0.4) is 0 Å². The first-order valence-electron chi connectivity index (χ1n) is 7.70. The van der Waals surface area contributed by atoms with Crippen LogP contribution < -0.4 is 10.6 Å². The highest BCUT2D eigenvalue weighted by atomic mass is 32.1. The second-order valence-electron chi connectivity index (χ2n) is 5.63. The molecule has 0 aliphatic heterocycles. The molecule has 0 aromatic carbocycles. The van der Waals surface area contributed by atoms with Crippen LogP contribution in [0, 0.1) is 12.8 Å². The first kappa shape index (κ1) is 16.2. The number of amides is 2. The van der Waals surface area contributed by atoms with Gasteiger partial charge >= 0.3 is 6.03 Å². The van der Waals surface area contributed by atoms with Crippen molar-refractivity contribution in [2.24, 2.45) is 5.92 Å². The highest BCUT2D eigenvalue weighted by molar-refractivity contribution is 7.11. The van der Waals surface area contributed by atoms with Crippen LogP contribution in [0.4, 0.5) is 4.79 Å². The van der Waals surface area contributed by atoms with E-state index in [1.165, 1.54) is 19.3 Å². The molecule has 1 saturated carbocycles. The van der Waals surface area contributed by atoms with E-state index in [0.29, 0.717) is 31.7 Å². The summed E-state index contributed by atoms with van der Waals surface area (Å²) in [5.74, 6) is 0.641. The summed E-state index contributed by atoms with van der Waals surface area (Å²) in [6, 6.07) is -0.152. The second-order valence-corrected chi connectivity index (χ2v) is 6.95. The van der Waals surface area contributed by atoms with Crippen LogP contribution in [-0.2, 0) is 11.3 Å². The number of thiazole rings is 1. The maximum absolute atomic E-state index is 11.6. The number of ether oxygens (including phenoxy) is 1. The summed E-state index contributed by atoms with van der Waals surface area (Å²) in [6.07, 6.45) is 7.15. The molecule has 2 amide bonds. The third-order valence-electron chi connectivity index (χ3n) is 3.84. The average molecular weight is 311 g/mol. The fourth-order valence-electron chi connectivity index (χ4n) is 2.62. The van der Waals surface area contributed by atoms with E-state index in [1.807, 2.05) is 6.92 Å². The van der Waals surface area contributed by atoms with E-state index in [2.05, 4.69) is 22.5 Å². The van der Waals surface area contributed by atoms with Gasteiger partial charge in [0.25, 0.3) is 0 Å². The summed E-state index contributed by atoms with van der Waals surface area (Å²) < 4.78 is 5.86. The summed E-state index contributed by atoms with van der Waals surface area (Å²) in [7, 11) is 0. The molecule has 1 aliphatic rings.